The number of esters is 1. The summed E-state index contributed by atoms with van der Waals surface area (Å²) in [5.74, 6) is -0.325. The average Bonchev–Trinajstić information content (AvgIpc) is 2.27. The third-order valence-corrected chi connectivity index (χ3v) is 3.54. The van der Waals surface area contributed by atoms with Gasteiger partial charge in [-0.3, -0.25) is 9.69 Å². The molecule has 1 aliphatic rings. The Morgan fingerprint density at radius 2 is 2.21 bits per heavy atom. The predicted octanol–water partition coefficient (Wildman–Crippen LogP) is 1.16. The molecule has 5 heteroatoms. The molecule has 1 fully saturated rings. The van der Waals surface area contributed by atoms with Crippen molar-refractivity contribution < 1.29 is 14.3 Å². The molecule has 2 N–H and O–H groups in total. The van der Waals surface area contributed by atoms with Crippen LogP contribution in [0.4, 0.5) is 0 Å². The number of hydrogen-bond acceptors (Lipinski definition) is 5. The molecular weight excluding hydrogens is 244 g/mol. The molecule has 1 aliphatic heterocycles. The number of nitrogens with two attached hydrogens (primary N) is 1. The summed E-state index contributed by atoms with van der Waals surface area (Å²) in [5.41, 5.74) is 5.02. The van der Waals surface area contributed by atoms with Crippen molar-refractivity contribution in [3.63, 3.8) is 0 Å². The second-order valence-corrected chi connectivity index (χ2v) is 6.27. The summed E-state index contributed by atoms with van der Waals surface area (Å²) in [7, 11) is 0. The highest BCUT2D eigenvalue weighted by Gasteiger charge is 2.36. The van der Waals surface area contributed by atoms with E-state index in [0.29, 0.717) is 13.0 Å². The zero-order valence-corrected chi connectivity index (χ0v) is 12.9. The predicted molar refractivity (Wildman–Crippen MR) is 74.9 cm³/mol. The van der Waals surface area contributed by atoms with E-state index in [0.717, 1.165) is 19.7 Å². The normalized spacial score (nSPS) is 24.5. The highest BCUT2D eigenvalue weighted by atomic mass is 16.5. The topological polar surface area (TPSA) is 64.8 Å². The zero-order chi connectivity index (χ0) is 14.7. The van der Waals surface area contributed by atoms with Gasteiger partial charge in [0, 0.05) is 19.1 Å². The van der Waals surface area contributed by atoms with E-state index in [1.54, 1.807) is 13.8 Å². The third kappa shape index (κ3) is 4.75. The largest absolute Gasteiger partial charge is 0.465 e. The molecule has 112 valence electrons. The maximum absolute atomic E-state index is 11.8. The lowest BCUT2D eigenvalue weighted by Gasteiger charge is -2.42. The number of hydrogen-bond donors (Lipinski definition) is 1. The van der Waals surface area contributed by atoms with Crippen molar-refractivity contribution in [2.75, 3.05) is 26.3 Å². The smallest absolute Gasteiger partial charge is 0.325 e. The first-order chi connectivity index (χ1) is 8.68. The maximum Gasteiger partial charge on any atom is 0.325 e. The number of carbonyl (C=O) groups is 1. The Kier molecular flexibility index (Phi) is 5.35. The zero-order valence-electron chi connectivity index (χ0n) is 12.9. The van der Waals surface area contributed by atoms with E-state index in [-0.39, 0.29) is 17.6 Å². The summed E-state index contributed by atoms with van der Waals surface area (Å²) in [5, 5.41) is 0. The second-order valence-electron chi connectivity index (χ2n) is 6.27. The van der Waals surface area contributed by atoms with Gasteiger partial charge in [-0.15, -0.1) is 0 Å². The molecular formula is C14H28N2O3. The minimum Gasteiger partial charge on any atom is -0.465 e. The van der Waals surface area contributed by atoms with Gasteiger partial charge in [0.15, 0.2) is 0 Å². The van der Waals surface area contributed by atoms with Gasteiger partial charge < -0.3 is 15.2 Å². The van der Waals surface area contributed by atoms with Gasteiger partial charge in [0.05, 0.1) is 18.8 Å². The van der Waals surface area contributed by atoms with Crippen LogP contribution in [0, 0.1) is 0 Å². The van der Waals surface area contributed by atoms with Crippen LogP contribution in [0.15, 0.2) is 0 Å². The number of morpholine rings is 1. The monoisotopic (exact) mass is 272 g/mol. The molecule has 0 radical (unpaired) electrons. The minimum absolute atomic E-state index is 0.137. The van der Waals surface area contributed by atoms with E-state index < -0.39 is 5.54 Å². The lowest BCUT2D eigenvalue weighted by molar-refractivity contribution is -0.150. The first-order valence-corrected chi connectivity index (χ1v) is 7.02. The molecule has 0 saturated carbocycles. The summed E-state index contributed by atoms with van der Waals surface area (Å²) in [4.78, 5) is 14.1. The highest BCUT2D eigenvalue weighted by Crippen LogP contribution is 2.22. The highest BCUT2D eigenvalue weighted by molar-refractivity contribution is 5.80. The first kappa shape index (κ1) is 16.4. The number of nitrogens with zero attached hydrogens (tertiary/aromatic N) is 1. The van der Waals surface area contributed by atoms with Gasteiger partial charge in [-0.25, -0.2) is 0 Å². The Bertz CT molecular complexity index is 316. The van der Waals surface area contributed by atoms with E-state index in [4.69, 9.17) is 15.2 Å². The van der Waals surface area contributed by atoms with Gasteiger partial charge in [0.2, 0.25) is 0 Å². The molecule has 0 aromatic heterocycles. The second kappa shape index (κ2) is 6.20. The number of rotatable bonds is 5. The van der Waals surface area contributed by atoms with E-state index in [1.165, 1.54) is 0 Å². The van der Waals surface area contributed by atoms with Gasteiger partial charge in [-0.2, -0.15) is 0 Å². The Morgan fingerprint density at radius 1 is 1.58 bits per heavy atom. The van der Waals surface area contributed by atoms with Crippen LogP contribution in [-0.4, -0.2) is 54.4 Å². The van der Waals surface area contributed by atoms with E-state index in [2.05, 4.69) is 25.7 Å². The van der Waals surface area contributed by atoms with Crippen molar-refractivity contribution in [3.05, 3.63) is 0 Å². The lowest BCUT2D eigenvalue weighted by atomic mass is 9.93. The van der Waals surface area contributed by atoms with Crippen LogP contribution in [-0.2, 0) is 14.3 Å². The van der Waals surface area contributed by atoms with Crippen molar-refractivity contribution in [1.29, 1.82) is 0 Å². The van der Waals surface area contributed by atoms with Crippen LogP contribution < -0.4 is 5.73 Å². The van der Waals surface area contributed by atoms with E-state index in [1.807, 2.05) is 0 Å². The minimum atomic E-state index is -0.933. The third-order valence-electron chi connectivity index (χ3n) is 3.54. The molecule has 5 nitrogen and oxygen atoms in total. The number of carbonyl (C=O) groups excluding carboxylic acids is 1. The van der Waals surface area contributed by atoms with Crippen LogP contribution in [0.1, 0.15) is 41.0 Å². The van der Waals surface area contributed by atoms with Gasteiger partial charge in [0.1, 0.15) is 5.54 Å². The summed E-state index contributed by atoms with van der Waals surface area (Å²) < 4.78 is 10.7. The molecule has 2 unspecified atom stereocenters. The Morgan fingerprint density at radius 3 is 2.74 bits per heavy atom. The van der Waals surface area contributed by atoms with Gasteiger partial charge in [-0.05, 0) is 41.0 Å². The van der Waals surface area contributed by atoms with Crippen LogP contribution in [0.25, 0.3) is 0 Å². The van der Waals surface area contributed by atoms with Crippen LogP contribution >= 0.6 is 0 Å². The van der Waals surface area contributed by atoms with Gasteiger partial charge >= 0.3 is 5.97 Å². The fourth-order valence-corrected chi connectivity index (χ4v) is 2.55. The lowest BCUT2D eigenvalue weighted by Crippen LogP contribution is -2.56. The molecule has 0 aliphatic carbocycles. The molecule has 2 atom stereocenters. The first-order valence-electron chi connectivity index (χ1n) is 7.02. The van der Waals surface area contributed by atoms with E-state index in [9.17, 15) is 4.79 Å². The SMILES string of the molecule is CCOC(=O)C(C)(N)CC(C)N1CCOC(C)(C)C1. The van der Waals surface area contributed by atoms with E-state index >= 15 is 0 Å². The summed E-state index contributed by atoms with van der Waals surface area (Å²) in [6.07, 6.45) is 0.585. The molecule has 1 saturated heterocycles. The quantitative estimate of drug-likeness (QED) is 0.761. The molecule has 0 aromatic rings. The molecule has 1 rings (SSSR count). The van der Waals surface area contributed by atoms with Crippen LogP contribution in [0.2, 0.25) is 0 Å². The van der Waals surface area contributed by atoms with Crippen molar-refractivity contribution in [2.45, 2.75) is 58.2 Å². The van der Waals surface area contributed by atoms with Crippen LogP contribution in [0.5, 0.6) is 0 Å². The molecule has 19 heavy (non-hydrogen) atoms. The van der Waals surface area contributed by atoms with Crippen molar-refractivity contribution in [2.24, 2.45) is 5.73 Å². The molecule has 0 spiro atoms. The summed E-state index contributed by atoms with van der Waals surface area (Å²) in [6.45, 7) is 12.6. The standard InChI is InChI=1S/C14H28N2O3/c1-6-18-12(17)14(5,15)9-11(2)16-7-8-19-13(3,4)10-16/h11H,6-10,15H2,1-5H3. The molecule has 0 bridgehead atoms. The van der Waals surface area contributed by atoms with Crippen LogP contribution in [0.3, 0.4) is 0 Å². The fraction of sp³-hybridized carbons (Fsp3) is 0.929. The Balaban J connectivity index is 2.58. The number of ether oxygens (including phenoxy) is 2. The average molecular weight is 272 g/mol. The summed E-state index contributed by atoms with van der Waals surface area (Å²) in [6, 6.07) is 0.225. The molecule has 0 amide bonds. The Hall–Kier alpha value is -0.650. The van der Waals surface area contributed by atoms with Crippen molar-refractivity contribution in [3.8, 4) is 0 Å². The van der Waals surface area contributed by atoms with Crippen molar-refractivity contribution >= 4 is 5.97 Å². The fourth-order valence-electron chi connectivity index (χ4n) is 2.55. The summed E-state index contributed by atoms with van der Waals surface area (Å²) >= 11 is 0. The Labute approximate surface area is 116 Å². The van der Waals surface area contributed by atoms with Gasteiger partial charge in [0.25, 0.3) is 0 Å². The molecule has 1 heterocycles. The maximum atomic E-state index is 11.8. The molecule has 0 aromatic carbocycles. The van der Waals surface area contributed by atoms with Gasteiger partial charge in [-0.1, -0.05) is 0 Å². The van der Waals surface area contributed by atoms with Crippen molar-refractivity contribution in [1.82, 2.24) is 4.90 Å².